The molecule has 0 bridgehead atoms. The minimum atomic E-state index is -2.00. The van der Waals surface area contributed by atoms with E-state index in [4.69, 9.17) is 9.47 Å². The van der Waals surface area contributed by atoms with Gasteiger partial charge >= 0.3 is 25.8 Å². The molecule has 6 aromatic carbocycles. The second-order valence-corrected chi connectivity index (χ2v) is 17.0. The van der Waals surface area contributed by atoms with Crippen LogP contribution in [0.5, 0.6) is 11.5 Å². The van der Waals surface area contributed by atoms with Crippen molar-refractivity contribution in [1.29, 1.82) is 0 Å². The molecule has 0 radical (unpaired) electrons. The number of ether oxygens (including phenoxy) is 2. The summed E-state index contributed by atoms with van der Waals surface area (Å²) in [6, 6.07) is 42.9. The molecule has 0 aliphatic carbocycles. The Morgan fingerprint density at radius 1 is 0.565 bits per heavy atom. The topological polar surface area (TPSA) is 18.5 Å². The first-order valence-electron chi connectivity index (χ1n) is 15.8. The van der Waals surface area contributed by atoms with Crippen molar-refractivity contribution < 1.29 is 35.3 Å². The molecular weight excluding hydrogens is 743 g/mol. The van der Waals surface area contributed by atoms with Crippen LogP contribution in [0.3, 0.4) is 0 Å². The van der Waals surface area contributed by atoms with Crippen LogP contribution in [0, 0.1) is 14.9 Å². The third kappa shape index (κ3) is 7.19. The van der Waals surface area contributed by atoms with E-state index in [1.807, 2.05) is 0 Å². The van der Waals surface area contributed by atoms with E-state index in [9.17, 15) is 0 Å². The molecule has 0 unspecified atom stereocenters. The summed E-state index contributed by atoms with van der Waals surface area (Å²) in [6.07, 6.45) is 0.337. The van der Waals surface area contributed by atoms with E-state index in [0.717, 1.165) is 11.5 Å². The van der Waals surface area contributed by atoms with E-state index in [0.29, 0.717) is 0 Å². The van der Waals surface area contributed by atoms with Gasteiger partial charge in [0.25, 0.3) is 0 Å². The molecule has 0 atom stereocenters. The Morgan fingerprint density at radius 3 is 1.26 bits per heavy atom. The second-order valence-electron chi connectivity index (χ2n) is 12.3. The predicted molar refractivity (Wildman–Crippen MR) is 200 cm³/mol. The van der Waals surface area contributed by atoms with Gasteiger partial charge in [-0.25, -0.2) is 0 Å². The first-order chi connectivity index (χ1) is 20.8. The number of fused-ring (bicyclic) bond motifs is 2. The van der Waals surface area contributed by atoms with Crippen LogP contribution in [0.25, 0.3) is 43.8 Å². The molecule has 0 saturated heterocycles. The van der Waals surface area contributed by atoms with E-state index in [2.05, 4.69) is 151 Å². The van der Waals surface area contributed by atoms with Gasteiger partial charge in [0.05, 0.1) is 20.3 Å². The Morgan fingerprint density at radius 2 is 0.935 bits per heavy atom. The Labute approximate surface area is 297 Å². The van der Waals surface area contributed by atoms with E-state index in [1.165, 1.54) is 66.3 Å². The Hall–Kier alpha value is -3.21. The number of benzene rings is 4. The van der Waals surface area contributed by atoms with E-state index in [1.54, 1.807) is 0 Å². The van der Waals surface area contributed by atoms with Gasteiger partial charge in [0, 0.05) is 0 Å². The van der Waals surface area contributed by atoms with Gasteiger partial charge in [-0.1, -0.05) is 73.5 Å². The number of hydrogen-bond acceptors (Lipinski definition) is 2. The third-order valence-corrected chi connectivity index (χ3v) is 14.1. The summed E-state index contributed by atoms with van der Waals surface area (Å²) < 4.78 is 11.8. The molecule has 6 aromatic rings. The molecule has 0 N–H and O–H groups in total. The summed E-state index contributed by atoms with van der Waals surface area (Å²) in [6.45, 7) is 13.1. The Balaban J connectivity index is 0.00000192. The third-order valence-electron chi connectivity index (χ3n) is 8.89. The molecule has 0 aliphatic rings. The summed E-state index contributed by atoms with van der Waals surface area (Å²) in [5.74, 6) is 1.83. The van der Waals surface area contributed by atoms with Crippen molar-refractivity contribution >= 4 is 40.0 Å². The van der Waals surface area contributed by atoms with Crippen LogP contribution in [-0.2, 0) is 25.8 Å². The maximum Gasteiger partial charge on any atom is 4.00 e. The summed E-state index contributed by atoms with van der Waals surface area (Å²) in [7, 11) is -2.00. The Bertz CT molecular complexity index is 1700. The van der Waals surface area contributed by atoms with Crippen LogP contribution in [0.2, 0.25) is 12.1 Å². The standard InChI is InChI=1S/C40H42O2Si.2CH3.Hf/c1-7-43(8-2,35-23-31-11-9-13-37(39(31)25-35)29-15-19-33(20-16-29)41-27(3)4)36-24-32-12-10-14-38(40(32)26-36)30-17-21-34(22-18-30)42-28(5)6;;;/h9-28H,7-8H2,1-6H3;2*1H3;/q-2;2*-1;+4. The molecule has 0 amide bonds. The normalized spacial score (nSPS) is 11.3. The predicted octanol–water partition coefficient (Wildman–Crippen LogP) is 10.8. The summed E-state index contributed by atoms with van der Waals surface area (Å²) in [4.78, 5) is 0. The fraction of sp³-hybridized carbons (Fsp3) is 0.238. The van der Waals surface area contributed by atoms with Crippen molar-refractivity contribution in [1.82, 2.24) is 0 Å². The van der Waals surface area contributed by atoms with E-state index in [-0.39, 0.29) is 52.9 Å². The molecule has 0 aliphatic heterocycles. The smallest absolute Gasteiger partial charge is 0.491 e. The van der Waals surface area contributed by atoms with Crippen LogP contribution >= 0.6 is 0 Å². The summed E-state index contributed by atoms with van der Waals surface area (Å²) in [5.41, 5.74) is 5.03. The zero-order valence-electron chi connectivity index (χ0n) is 28.8. The van der Waals surface area contributed by atoms with Crippen molar-refractivity contribution in [3.05, 3.63) is 124 Å². The molecule has 46 heavy (non-hydrogen) atoms. The quantitative estimate of drug-likeness (QED) is 0.102. The minimum absolute atomic E-state index is 0. The molecule has 4 heteroatoms. The number of hydrogen-bond donors (Lipinski definition) is 0. The van der Waals surface area contributed by atoms with Gasteiger partial charge in [-0.15, -0.1) is 68.3 Å². The first-order valence-corrected chi connectivity index (χ1v) is 18.2. The maximum atomic E-state index is 5.90. The molecule has 0 aromatic heterocycles. The SMILES string of the molecule is CC[Si](CC)(c1cc2c(-c3ccc(OC(C)C)cc3)cccc2[cH-]1)c1cc2c(-c3ccc(OC(C)C)cc3)cccc2[cH-]1.[CH3-].[CH3-].[Hf+4]. The molecule has 0 spiro atoms. The van der Waals surface area contributed by atoms with E-state index >= 15 is 0 Å². The Kier molecular flexibility index (Phi) is 12.6. The van der Waals surface area contributed by atoms with Crippen LogP contribution in [0.4, 0.5) is 0 Å². The fourth-order valence-electron chi connectivity index (χ4n) is 6.73. The number of rotatable bonds is 10. The van der Waals surface area contributed by atoms with Crippen molar-refractivity contribution in [2.24, 2.45) is 0 Å². The molecule has 0 heterocycles. The van der Waals surface area contributed by atoms with Crippen molar-refractivity contribution in [2.45, 2.75) is 65.8 Å². The van der Waals surface area contributed by atoms with Gasteiger partial charge in [0.1, 0.15) is 11.5 Å². The minimum Gasteiger partial charge on any atom is -0.491 e. The van der Waals surface area contributed by atoms with Gasteiger partial charge in [-0.3, -0.25) is 0 Å². The zero-order valence-corrected chi connectivity index (χ0v) is 33.4. The van der Waals surface area contributed by atoms with Crippen LogP contribution in [-0.4, -0.2) is 20.3 Å². The molecule has 2 nitrogen and oxygen atoms in total. The second kappa shape index (κ2) is 15.6. The molecule has 236 valence electrons. The van der Waals surface area contributed by atoms with Gasteiger partial charge in [-0.2, -0.15) is 12.1 Å². The average Bonchev–Trinajstić information content (AvgIpc) is 3.64. The first kappa shape index (κ1) is 37.2. The molecule has 0 fully saturated rings. The van der Waals surface area contributed by atoms with Crippen LogP contribution in [0.1, 0.15) is 41.5 Å². The van der Waals surface area contributed by atoms with Crippen molar-refractivity contribution in [2.75, 3.05) is 0 Å². The fourth-order valence-corrected chi connectivity index (χ4v) is 10.9. The van der Waals surface area contributed by atoms with Crippen molar-refractivity contribution in [3.63, 3.8) is 0 Å². The van der Waals surface area contributed by atoms with Crippen molar-refractivity contribution in [3.8, 4) is 33.8 Å². The van der Waals surface area contributed by atoms with Crippen LogP contribution in [0.15, 0.2) is 109 Å². The van der Waals surface area contributed by atoms with Gasteiger partial charge < -0.3 is 24.3 Å². The van der Waals surface area contributed by atoms with Crippen LogP contribution < -0.4 is 19.8 Å². The molecule has 6 rings (SSSR count). The summed E-state index contributed by atoms with van der Waals surface area (Å²) >= 11 is 0. The molecular formula is C42H48HfO2Si. The monoisotopic (exact) mass is 792 g/mol. The summed E-state index contributed by atoms with van der Waals surface area (Å²) in [5, 5.41) is 8.41. The van der Waals surface area contributed by atoms with Gasteiger partial charge in [-0.05, 0) is 63.1 Å². The zero-order chi connectivity index (χ0) is 30.1. The van der Waals surface area contributed by atoms with Gasteiger partial charge in [0.15, 0.2) is 0 Å². The average molecular weight is 791 g/mol. The largest absolute Gasteiger partial charge is 4.00 e. The molecule has 0 saturated carbocycles. The van der Waals surface area contributed by atoms with E-state index < -0.39 is 8.07 Å². The maximum absolute atomic E-state index is 5.90. The van der Waals surface area contributed by atoms with Gasteiger partial charge in [0.2, 0.25) is 0 Å².